The lowest BCUT2D eigenvalue weighted by atomic mass is 9.69. The Bertz CT molecular complexity index is 545. The van der Waals surface area contributed by atoms with Crippen LogP contribution in [0.3, 0.4) is 0 Å². The Hall–Kier alpha value is -1.76. The minimum absolute atomic E-state index is 0.618. The average molecular weight is 238 g/mol. The van der Waals surface area contributed by atoms with E-state index >= 15 is 0 Å². The summed E-state index contributed by atoms with van der Waals surface area (Å²) in [5, 5.41) is 0. The van der Waals surface area contributed by atoms with Gasteiger partial charge in [0.2, 0.25) is 0 Å². The van der Waals surface area contributed by atoms with Gasteiger partial charge in [0, 0.05) is 5.56 Å². The summed E-state index contributed by atoms with van der Waals surface area (Å²) >= 11 is 0. The molecule has 92 valence electrons. The van der Waals surface area contributed by atoms with Gasteiger partial charge in [0.1, 0.15) is 12.4 Å². The van der Waals surface area contributed by atoms with Crippen LogP contribution in [0.5, 0.6) is 5.75 Å². The van der Waals surface area contributed by atoms with Gasteiger partial charge in [0.15, 0.2) is 0 Å². The van der Waals surface area contributed by atoms with Crippen LogP contribution in [-0.4, -0.2) is 0 Å². The van der Waals surface area contributed by atoms with Crippen LogP contribution in [0.15, 0.2) is 48.5 Å². The first-order chi connectivity index (χ1) is 8.77. The summed E-state index contributed by atoms with van der Waals surface area (Å²) in [6.07, 6.45) is 0. The van der Waals surface area contributed by atoms with Gasteiger partial charge >= 0.3 is 0 Å². The standard InChI is InChI=1S/C17H18O/c1-12-13(2)17-15(12)9-6-10-16(17)18-11-14-7-4-3-5-8-14/h3-10,12-13H,11H2,1-2H3/t12-,13-/m1/s1. The fourth-order valence-corrected chi connectivity index (χ4v) is 2.73. The van der Waals surface area contributed by atoms with Crippen molar-refractivity contribution in [2.45, 2.75) is 32.3 Å². The second-order valence-electron chi connectivity index (χ2n) is 5.11. The predicted octanol–water partition coefficient (Wildman–Crippen LogP) is 4.49. The smallest absolute Gasteiger partial charge is 0.123 e. The molecule has 0 saturated heterocycles. The normalized spacial score (nSPS) is 21.0. The predicted molar refractivity (Wildman–Crippen MR) is 74.0 cm³/mol. The first-order valence-corrected chi connectivity index (χ1v) is 6.57. The highest BCUT2D eigenvalue weighted by Crippen LogP contribution is 2.50. The maximum Gasteiger partial charge on any atom is 0.123 e. The molecule has 0 fully saturated rings. The highest BCUT2D eigenvalue weighted by atomic mass is 16.5. The molecule has 1 nitrogen and oxygen atoms in total. The lowest BCUT2D eigenvalue weighted by molar-refractivity contribution is 0.295. The topological polar surface area (TPSA) is 9.23 Å². The molecule has 2 atom stereocenters. The summed E-state index contributed by atoms with van der Waals surface area (Å²) in [6, 6.07) is 16.7. The summed E-state index contributed by atoms with van der Waals surface area (Å²) in [7, 11) is 0. The molecule has 0 aliphatic heterocycles. The molecular formula is C17H18O. The largest absolute Gasteiger partial charge is 0.489 e. The first-order valence-electron chi connectivity index (χ1n) is 6.57. The summed E-state index contributed by atoms with van der Waals surface area (Å²) < 4.78 is 5.97. The van der Waals surface area contributed by atoms with Crippen molar-refractivity contribution in [1.82, 2.24) is 0 Å². The monoisotopic (exact) mass is 238 g/mol. The third kappa shape index (κ3) is 1.80. The summed E-state index contributed by atoms with van der Waals surface area (Å²) in [6.45, 7) is 5.22. The minimum atomic E-state index is 0.618. The second kappa shape index (κ2) is 4.49. The van der Waals surface area contributed by atoms with Crippen LogP contribution in [0.1, 0.15) is 42.4 Å². The van der Waals surface area contributed by atoms with E-state index in [1.54, 1.807) is 0 Å². The van der Waals surface area contributed by atoms with Gasteiger partial charge in [-0.15, -0.1) is 0 Å². The van der Waals surface area contributed by atoms with Gasteiger partial charge in [0.25, 0.3) is 0 Å². The fourth-order valence-electron chi connectivity index (χ4n) is 2.73. The van der Waals surface area contributed by atoms with E-state index in [2.05, 4.69) is 44.2 Å². The fraction of sp³-hybridized carbons (Fsp3) is 0.294. The van der Waals surface area contributed by atoms with Gasteiger partial charge < -0.3 is 4.74 Å². The van der Waals surface area contributed by atoms with Gasteiger partial charge in [-0.1, -0.05) is 56.3 Å². The number of benzene rings is 2. The van der Waals surface area contributed by atoms with Crippen molar-refractivity contribution in [2.24, 2.45) is 0 Å². The van der Waals surface area contributed by atoms with Crippen LogP contribution in [0.4, 0.5) is 0 Å². The quantitative estimate of drug-likeness (QED) is 0.765. The Balaban J connectivity index is 1.79. The number of fused-ring (bicyclic) bond motifs is 1. The van der Waals surface area contributed by atoms with Crippen molar-refractivity contribution in [1.29, 1.82) is 0 Å². The molecule has 2 aromatic rings. The van der Waals surface area contributed by atoms with Gasteiger partial charge in [-0.2, -0.15) is 0 Å². The first kappa shape index (κ1) is 11.3. The molecule has 1 aliphatic carbocycles. The third-order valence-electron chi connectivity index (χ3n) is 4.03. The summed E-state index contributed by atoms with van der Waals surface area (Å²) in [5.74, 6) is 2.34. The maximum atomic E-state index is 5.97. The zero-order chi connectivity index (χ0) is 12.5. The Kier molecular flexibility index (Phi) is 2.83. The molecule has 2 aromatic carbocycles. The van der Waals surface area contributed by atoms with Crippen LogP contribution >= 0.6 is 0 Å². The molecule has 0 unspecified atom stereocenters. The van der Waals surface area contributed by atoms with Gasteiger partial charge in [-0.05, 0) is 29.0 Å². The van der Waals surface area contributed by atoms with E-state index in [1.165, 1.54) is 16.7 Å². The highest BCUT2D eigenvalue weighted by molar-refractivity contribution is 5.52. The van der Waals surface area contributed by atoms with Crippen molar-refractivity contribution < 1.29 is 4.74 Å². The van der Waals surface area contributed by atoms with Crippen LogP contribution in [-0.2, 0) is 6.61 Å². The average Bonchev–Trinajstić information content (AvgIpc) is 2.45. The van der Waals surface area contributed by atoms with E-state index in [-0.39, 0.29) is 0 Å². The van der Waals surface area contributed by atoms with Crippen LogP contribution in [0.25, 0.3) is 0 Å². The summed E-state index contributed by atoms with van der Waals surface area (Å²) in [5.41, 5.74) is 4.07. The number of ether oxygens (including phenoxy) is 1. The van der Waals surface area contributed by atoms with E-state index in [9.17, 15) is 0 Å². The van der Waals surface area contributed by atoms with E-state index < -0.39 is 0 Å². The van der Waals surface area contributed by atoms with Crippen molar-refractivity contribution in [3.8, 4) is 5.75 Å². The van der Waals surface area contributed by atoms with Crippen molar-refractivity contribution >= 4 is 0 Å². The molecule has 0 radical (unpaired) electrons. The Morgan fingerprint density at radius 2 is 1.67 bits per heavy atom. The van der Waals surface area contributed by atoms with Gasteiger partial charge in [-0.25, -0.2) is 0 Å². The number of hydrogen-bond acceptors (Lipinski definition) is 1. The summed E-state index contributed by atoms with van der Waals surface area (Å²) in [4.78, 5) is 0. The zero-order valence-electron chi connectivity index (χ0n) is 10.9. The van der Waals surface area contributed by atoms with E-state index in [1.807, 2.05) is 18.2 Å². The Labute approximate surface area is 108 Å². The third-order valence-corrected chi connectivity index (χ3v) is 4.03. The maximum absolute atomic E-state index is 5.97. The van der Waals surface area contributed by atoms with Crippen molar-refractivity contribution in [3.63, 3.8) is 0 Å². The lowest BCUT2D eigenvalue weighted by Crippen LogP contribution is -2.20. The molecule has 0 amide bonds. The van der Waals surface area contributed by atoms with Gasteiger partial charge in [0.05, 0.1) is 0 Å². The molecule has 18 heavy (non-hydrogen) atoms. The molecular weight excluding hydrogens is 220 g/mol. The molecule has 0 spiro atoms. The molecule has 0 N–H and O–H groups in total. The molecule has 0 bridgehead atoms. The van der Waals surface area contributed by atoms with Gasteiger partial charge in [-0.3, -0.25) is 0 Å². The van der Waals surface area contributed by atoms with E-state index in [4.69, 9.17) is 4.74 Å². The molecule has 0 saturated carbocycles. The zero-order valence-corrected chi connectivity index (χ0v) is 10.9. The van der Waals surface area contributed by atoms with Crippen LogP contribution in [0, 0.1) is 0 Å². The Morgan fingerprint density at radius 3 is 2.44 bits per heavy atom. The number of hydrogen-bond donors (Lipinski definition) is 0. The molecule has 1 heteroatoms. The van der Waals surface area contributed by atoms with Crippen molar-refractivity contribution in [3.05, 3.63) is 65.2 Å². The second-order valence-corrected chi connectivity index (χ2v) is 5.11. The Morgan fingerprint density at radius 1 is 0.889 bits per heavy atom. The van der Waals surface area contributed by atoms with E-state index in [0.29, 0.717) is 18.4 Å². The number of rotatable bonds is 3. The minimum Gasteiger partial charge on any atom is -0.489 e. The molecule has 3 rings (SSSR count). The SMILES string of the molecule is C[C@H]1c2cccc(OCc3ccccc3)c2[C@@H]1C. The molecule has 1 aliphatic rings. The van der Waals surface area contributed by atoms with Crippen LogP contribution in [0.2, 0.25) is 0 Å². The van der Waals surface area contributed by atoms with E-state index in [0.717, 1.165) is 5.75 Å². The van der Waals surface area contributed by atoms with Crippen molar-refractivity contribution in [2.75, 3.05) is 0 Å². The lowest BCUT2D eigenvalue weighted by Gasteiger charge is -2.36. The molecule has 0 heterocycles. The molecule has 0 aromatic heterocycles. The highest BCUT2D eigenvalue weighted by Gasteiger charge is 2.33. The van der Waals surface area contributed by atoms with Crippen LogP contribution < -0.4 is 4.74 Å².